The molecule has 6 nitrogen and oxygen atoms in total. The topological polar surface area (TPSA) is 84.1 Å². The minimum Gasteiger partial charge on any atom is -0.466 e. The third-order valence-electron chi connectivity index (χ3n) is 4.09. The molecule has 0 unspecified atom stereocenters. The monoisotopic (exact) mass is 435 g/mol. The number of carbonyl (C=O) groups excluding carboxylic acids is 1. The molecule has 0 saturated heterocycles. The zero-order valence-corrected chi connectivity index (χ0v) is 17.0. The van der Waals surface area contributed by atoms with Crippen molar-refractivity contribution >= 4 is 39.5 Å². The maximum Gasteiger partial charge on any atom is 0.336 e. The van der Waals surface area contributed by atoms with Crippen LogP contribution in [0.3, 0.4) is 0 Å². The van der Waals surface area contributed by atoms with Gasteiger partial charge in [0.25, 0.3) is 5.56 Å². The van der Waals surface area contributed by atoms with Crippen molar-refractivity contribution < 1.29 is 9.53 Å². The number of carbonyl (C=O) groups is 1. The van der Waals surface area contributed by atoms with E-state index >= 15 is 0 Å². The third kappa shape index (κ3) is 3.43. The molecular weight excluding hydrogens is 418 g/mol. The molecule has 2 N–H and O–H groups in total. The number of allylic oxidation sites excluding steroid dienone is 1. The lowest BCUT2D eigenvalue weighted by molar-refractivity contribution is -0.136. The number of aromatic nitrogens is 2. The van der Waals surface area contributed by atoms with E-state index in [1.54, 1.807) is 6.92 Å². The quantitative estimate of drug-likeness (QED) is 0.433. The molecule has 0 amide bonds. The molecule has 8 heteroatoms. The summed E-state index contributed by atoms with van der Waals surface area (Å²) >= 11 is 4.91. The Morgan fingerprint density at radius 1 is 1.42 bits per heavy atom. The second-order valence-corrected chi connectivity index (χ2v) is 7.88. The fraction of sp³-hybridized carbons (Fsp3) is 0.278. The van der Waals surface area contributed by atoms with E-state index < -0.39 is 11.9 Å². The maximum atomic E-state index is 12.9. The van der Waals surface area contributed by atoms with Crippen molar-refractivity contribution in [1.29, 1.82) is 0 Å². The first kappa shape index (κ1) is 18.7. The predicted octanol–water partition coefficient (Wildman–Crippen LogP) is 3.65. The highest BCUT2D eigenvalue weighted by Crippen LogP contribution is 2.40. The Morgan fingerprint density at radius 3 is 2.85 bits per heavy atom. The number of nitrogens with one attached hydrogen (secondary N) is 2. The number of H-pyrrole nitrogens is 1. The van der Waals surface area contributed by atoms with E-state index in [0.717, 1.165) is 15.8 Å². The number of rotatable bonds is 4. The average molecular weight is 436 g/mol. The summed E-state index contributed by atoms with van der Waals surface area (Å²) in [5.74, 6) is 0.226. The van der Waals surface area contributed by atoms with Crippen LogP contribution in [0.2, 0.25) is 0 Å². The van der Waals surface area contributed by atoms with Gasteiger partial charge in [0.05, 0.1) is 24.2 Å². The lowest BCUT2D eigenvalue weighted by Gasteiger charge is -2.28. The lowest BCUT2D eigenvalue weighted by Crippen LogP contribution is -2.31. The number of benzene rings is 1. The maximum absolute atomic E-state index is 12.9. The van der Waals surface area contributed by atoms with E-state index in [9.17, 15) is 9.59 Å². The molecule has 0 spiro atoms. The van der Waals surface area contributed by atoms with Crippen LogP contribution in [-0.2, 0) is 9.53 Å². The molecule has 136 valence electrons. The second kappa shape index (κ2) is 7.67. The molecule has 0 saturated carbocycles. The first-order valence-electron chi connectivity index (χ1n) is 8.04. The van der Waals surface area contributed by atoms with Crippen LogP contribution in [0.25, 0.3) is 0 Å². The van der Waals surface area contributed by atoms with Crippen LogP contribution < -0.4 is 10.9 Å². The van der Waals surface area contributed by atoms with Gasteiger partial charge >= 0.3 is 5.97 Å². The molecule has 1 aliphatic rings. The van der Waals surface area contributed by atoms with E-state index in [1.165, 1.54) is 18.9 Å². The Labute approximate surface area is 163 Å². The molecule has 2 aromatic rings. The van der Waals surface area contributed by atoms with Crippen LogP contribution >= 0.6 is 27.7 Å². The van der Waals surface area contributed by atoms with Crippen molar-refractivity contribution in [3.05, 3.63) is 61.5 Å². The Balaban J connectivity index is 2.27. The van der Waals surface area contributed by atoms with Crippen molar-refractivity contribution in [3.8, 4) is 0 Å². The number of methoxy groups -OCH3 is 1. The van der Waals surface area contributed by atoms with Crippen molar-refractivity contribution in [2.45, 2.75) is 24.9 Å². The number of thioether (sulfide) groups is 1. The van der Waals surface area contributed by atoms with E-state index in [4.69, 9.17) is 4.74 Å². The summed E-state index contributed by atoms with van der Waals surface area (Å²) in [5, 5.41) is 3.65. The van der Waals surface area contributed by atoms with Crippen LogP contribution in [0, 0.1) is 0 Å². The van der Waals surface area contributed by atoms with Crippen LogP contribution in [0.15, 0.2) is 50.0 Å². The van der Waals surface area contributed by atoms with Crippen molar-refractivity contribution in [3.63, 3.8) is 0 Å². The number of aromatic amines is 1. The van der Waals surface area contributed by atoms with Gasteiger partial charge in [-0.15, -0.1) is 0 Å². The van der Waals surface area contributed by atoms with Gasteiger partial charge in [-0.3, -0.25) is 4.79 Å². The lowest BCUT2D eigenvalue weighted by atomic mass is 9.82. The minimum absolute atomic E-state index is 0.266. The van der Waals surface area contributed by atoms with Gasteiger partial charge in [-0.1, -0.05) is 46.7 Å². The van der Waals surface area contributed by atoms with Gasteiger partial charge in [0.1, 0.15) is 5.82 Å². The molecule has 1 aliphatic heterocycles. The Kier molecular flexibility index (Phi) is 5.52. The van der Waals surface area contributed by atoms with E-state index in [2.05, 4.69) is 31.2 Å². The molecule has 2 heterocycles. The zero-order chi connectivity index (χ0) is 18.8. The first-order chi connectivity index (χ1) is 12.5. The summed E-state index contributed by atoms with van der Waals surface area (Å²) < 4.78 is 5.83. The number of hydrogen-bond donors (Lipinski definition) is 2. The fourth-order valence-electron chi connectivity index (χ4n) is 3.04. The summed E-state index contributed by atoms with van der Waals surface area (Å²) in [6, 6.07) is 7.54. The van der Waals surface area contributed by atoms with Gasteiger partial charge in [-0.25, -0.2) is 9.78 Å². The number of ether oxygens (including phenoxy) is 1. The van der Waals surface area contributed by atoms with Crippen molar-refractivity contribution in [1.82, 2.24) is 9.97 Å². The van der Waals surface area contributed by atoms with Gasteiger partial charge < -0.3 is 15.0 Å². The van der Waals surface area contributed by atoms with Crippen LogP contribution in [-0.4, -0.2) is 28.8 Å². The van der Waals surface area contributed by atoms with Gasteiger partial charge in [-0.2, -0.15) is 0 Å². The van der Waals surface area contributed by atoms with Gasteiger partial charge in [-0.05, 0) is 30.4 Å². The average Bonchev–Trinajstić information content (AvgIpc) is 2.60. The smallest absolute Gasteiger partial charge is 0.336 e. The molecule has 0 aliphatic carbocycles. The Hall–Kier alpha value is -2.06. The molecule has 0 bridgehead atoms. The first-order valence-corrected chi connectivity index (χ1v) is 9.82. The number of nitrogens with zero attached hydrogens (tertiary/aromatic N) is 1. The predicted molar refractivity (Wildman–Crippen MR) is 106 cm³/mol. The van der Waals surface area contributed by atoms with Crippen LogP contribution in [0.5, 0.6) is 0 Å². The summed E-state index contributed by atoms with van der Waals surface area (Å²) in [5.41, 5.74) is 1.98. The van der Waals surface area contributed by atoms with Crippen LogP contribution in [0.4, 0.5) is 5.82 Å². The normalized spacial score (nSPS) is 16.1. The van der Waals surface area contributed by atoms with E-state index in [-0.39, 0.29) is 5.56 Å². The molecular formula is C18H18BrN3O3S. The third-order valence-corrected chi connectivity index (χ3v) is 5.34. The van der Waals surface area contributed by atoms with Crippen molar-refractivity contribution in [2.24, 2.45) is 0 Å². The number of hydrogen-bond acceptors (Lipinski definition) is 6. The Bertz CT molecular complexity index is 955. The number of anilines is 1. The summed E-state index contributed by atoms with van der Waals surface area (Å²) in [4.78, 5) is 32.7. The molecule has 3 rings (SSSR count). The number of halogens is 1. The zero-order valence-electron chi connectivity index (χ0n) is 14.6. The molecule has 0 radical (unpaired) electrons. The number of fused-ring (bicyclic) bond motifs is 1. The highest BCUT2D eigenvalue weighted by molar-refractivity contribution is 9.10. The Morgan fingerprint density at radius 2 is 2.19 bits per heavy atom. The van der Waals surface area contributed by atoms with E-state index in [0.29, 0.717) is 27.8 Å². The highest BCUT2D eigenvalue weighted by atomic mass is 79.9. The van der Waals surface area contributed by atoms with Gasteiger partial charge in [0.15, 0.2) is 5.16 Å². The second-order valence-electron chi connectivity index (χ2n) is 5.71. The highest BCUT2D eigenvalue weighted by Gasteiger charge is 2.36. The largest absolute Gasteiger partial charge is 0.466 e. The minimum atomic E-state index is -0.562. The van der Waals surface area contributed by atoms with Crippen LogP contribution in [0.1, 0.15) is 30.9 Å². The summed E-state index contributed by atoms with van der Waals surface area (Å²) in [6.45, 7) is 3.78. The summed E-state index contributed by atoms with van der Waals surface area (Å²) in [7, 11) is 1.33. The van der Waals surface area contributed by atoms with Crippen molar-refractivity contribution in [2.75, 3.05) is 18.2 Å². The molecule has 0 fully saturated rings. The fourth-order valence-corrected chi connectivity index (χ4v) is 4.05. The van der Waals surface area contributed by atoms with E-state index in [1.807, 2.05) is 31.2 Å². The summed E-state index contributed by atoms with van der Waals surface area (Å²) in [6.07, 6.45) is 0. The van der Waals surface area contributed by atoms with Gasteiger partial charge in [0, 0.05) is 10.2 Å². The van der Waals surface area contributed by atoms with Gasteiger partial charge in [0.2, 0.25) is 0 Å². The standard InChI is InChI=1S/C18H18BrN3O3S/c1-4-26-18-21-15-14(16(23)22-18)13(10-6-5-7-11(19)8-10)12(9(2)20-15)17(24)25-3/h5-8,13H,4H2,1-3H3,(H2,20,21,22,23)/t13-/m1/s1. The molecule has 1 aromatic carbocycles. The molecule has 1 aromatic heterocycles. The molecule has 1 atom stereocenters. The molecule has 26 heavy (non-hydrogen) atoms. The number of esters is 1. The SMILES string of the molecule is CCSc1nc2c(c(=O)[nH]1)[C@H](c1cccc(Br)c1)C(C(=O)OC)=C(C)N2.